The molecule has 4 rings (SSSR count). The normalized spacial score (nSPS) is 18.7. The van der Waals surface area contributed by atoms with E-state index in [9.17, 15) is 14.4 Å². The van der Waals surface area contributed by atoms with Gasteiger partial charge in [-0.2, -0.15) is 0 Å². The van der Waals surface area contributed by atoms with E-state index >= 15 is 0 Å². The zero-order valence-electron chi connectivity index (χ0n) is 25.8. The van der Waals surface area contributed by atoms with Crippen molar-refractivity contribution in [1.29, 1.82) is 0 Å². The summed E-state index contributed by atoms with van der Waals surface area (Å²) in [6.45, 7) is 15.8. The van der Waals surface area contributed by atoms with Crippen molar-refractivity contribution >= 4 is 39.0 Å². The summed E-state index contributed by atoms with van der Waals surface area (Å²) >= 11 is 1.60. The van der Waals surface area contributed by atoms with Gasteiger partial charge in [0.2, 0.25) is 5.91 Å². The van der Waals surface area contributed by atoms with Crippen molar-refractivity contribution in [3.63, 3.8) is 0 Å². The number of hydrogen-bond acceptors (Lipinski definition) is 8. The van der Waals surface area contributed by atoms with E-state index in [0.29, 0.717) is 50.5 Å². The molecule has 2 atom stereocenters. The van der Waals surface area contributed by atoms with Gasteiger partial charge in [-0.1, -0.05) is 26.5 Å². The van der Waals surface area contributed by atoms with Gasteiger partial charge in [-0.05, 0) is 62.8 Å². The van der Waals surface area contributed by atoms with Gasteiger partial charge < -0.3 is 19.7 Å². The number of fused-ring (bicyclic) bond motifs is 1. The molecular weight excluding hydrogens is 548 g/mol. The van der Waals surface area contributed by atoms with Crippen molar-refractivity contribution in [2.45, 2.75) is 71.3 Å². The summed E-state index contributed by atoms with van der Waals surface area (Å²) in [7, 11) is 2.12. The second-order valence-electron chi connectivity index (χ2n) is 12.5. The number of likely N-dealkylation sites (N-methyl/N-ethyl adjacent to an activating group) is 1. The fraction of sp³-hybridized carbons (Fsp3) is 0.636. The number of rotatable bonds is 14. The van der Waals surface area contributed by atoms with Crippen LogP contribution in [0.15, 0.2) is 30.4 Å². The van der Waals surface area contributed by atoms with E-state index in [1.54, 1.807) is 11.3 Å². The largest absolute Gasteiger partial charge is 0.381 e. The third-order valence-electron chi connectivity index (χ3n) is 8.70. The Morgan fingerprint density at radius 3 is 2.52 bits per heavy atom. The van der Waals surface area contributed by atoms with Gasteiger partial charge in [-0.3, -0.25) is 14.5 Å². The number of benzene rings is 1. The molecule has 1 aromatic heterocycles. The molecule has 42 heavy (non-hydrogen) atoms. The van der Waals surface area contributed by atoms with E-state index < -0.39 is 5.92 Å². The van der Waals surface area contributed by atoms with Gasteiger partial charge >= 0.3 is 0 Å². The Labute approximate surface area is 254 Å². The Kier molecular flexibility index (Phi) is 11.8. The minimum Gasteiger partial charge on any atom is -0.381 e. The van der Waals surface area contributed by atoms with Crippen LogP contribution in [0.4, 0.5) is 0 Å². The fourth-order valence-electron chi connectivity index (χ4n) is 5.92. The molecule has 2 aliphatic rings. The minimum absolute atomic E-state index is 0.0173. The first-order chi connectivity index (χ1) is 20.1. The molecule has 0 spiro atoms. The van der Waals surface area contributed by atoms with Crippen molar-refractivity contribution in [3.8, 4) is 0 Å². The van der Waals surface area contributed by atoms with Crippen molar-refractivity contribution in [2.24, 2.45) is 11.8 Å². The summed E-state index contributed by atoms with van der Waals surface area (Å²) in [5, 5.41) is 4.15. The zero-order valence-corrected chi connectivity index (χ0v) is 26.6. The first-order valence-electron chi connectivity index (χ1n) is 15.5. The molecule has 1 aromatic carbocycles. The Morgan fingerprint density at radius 2 is 1.86 bits per heavy atom. The molecule has 2 saturated heterocycles. The number of hydrogen-bond donors (Lipinski definition) is 1. The summed E-state index contributed by atoms with van der Waals surface area (Å²) in [6, 6.07) is 6.17. The highest BCUT2D eigenvalue weighted by molar-refractivity contribution is 7.18. The molecule has 9 heteroatoms. The average Bonchev–Trinajstić information content (AvgIpc) is 3.37. The van der Waals surface area contributed by atoms with Gasteiger partial charge in [0.1, 0.15) is 5.78 Å². The number of Topliss-reactive ketones (excluding diaryl/α,β-unsaturated/α-hetero) is 2. The Bertz CT molecular complexity index is 1240. The monoisotopic (exact) mass is 596 g/mol. The van der Waals surface area contributed by atoms with Gasteiger partial charge in [0, 0.05) is 76.8 Å². The molecule has 3 heterocycles. The van der Waals surface area contributed by atoms with Crippen LogP contribution in [0, 0.1) is 11.8 Å². The van der Waals surface area contributed by atoms with E-state index in [1.807, 2.05) is 6.07 Å². The van der Waals surface area contributed by atoms with Gasteiger partial charge in [0.25, 0.3) is 0 Å². The quantitative estimate of drug-likeness (QED) is 0.318. The van der Waals surface area contributed by atoms with Crippen molar-refractivity contribution in [1.82, 2.24) is 20.1 Å². The molecular formula is C33H48N4O4S. The summed E-state index contributed by atoms with van der Waals surface area (Å²) in [6.07, 6.45) is 3.18. The van der Waals surface area contributed by atoms with E-state index in [2.05, 4.69) is 54.7 Å². The van der Waals surface area contributed by atoms with Gasteiger partial charge in [0.15, 0.2) is 5.78 Å². The van der Waals surface area contributed by atoms with E-state index in [1.165, 1.54) is 12.5 Å². The first-order valence-corrected chi connectivity index (χ1v) is 16.3. The van der Waals surface area contributed by atoms with Crippen LogP contribution in [0.1, 0.15) is 69.4 Å². The number of nitrogens with zero attached hydrogens (tertiary/aromatic N) is 3. The predicted molar refractivity (Wildman–Crippen MR) is 169 cm³/mol. The Morgan fingerprint density at radius 1 is 1.14 bits per heavy atom. The highest BCUT2D eigenvalue weighted by atomic mass is 32.1. The highest BCUT2D eigenvalue weighted by Gasteiger charge is 2.30. The average molecular weight is 597 g/mol. The van der Waals surface area contributed by atoms with Crippen LogP contribution in [0.5, 0.6) is 0 Å². The molecule has 0 unspecified atom stereocenters. The number of nitrogens with one attached hydrogen (secondary N) is 1. The summed E-state index contributed by atoms with van der Waals surface area (Å²) in [5.41, 5.74) is 2.83. The minimum atomic E-state index is -0.502. The van der Waals surface area contributed by atoms with Crippen LogP contribution in [-0.2, 0) is 25.5 Å². The lowest BCUT2D eigenvalue weighted by molar-refractivity contribution is -0.130. The Hall–Kier alpha value is -2.46. The molecule has 0 aliphatic carbocycles. The number of thiazole rings is 1. The molecule has 1 N–H and O–H groups in total. The third-order valence-corrected chi connectivity index (χ3v) is 9.74. The van der Waals surface area contributed by atoms with E-state index in [0.717, 1.165) is 54.2 Å². The maximum atomic E-state index is 13.7. The molecule has 8 nitrogen and oxygen atoms in total. The molecule has 2 aromatic rings. The standard InChI is InChI=1S/C33H48N4O4S/c1-22(2)26-6-7-29-31(19-26)42-32(34-29)20-27(18-24(4)38)33(40)35-28(25-10-16-41-17-11-25)8-9-30(39)23(3)21-37-14-12-36(5)13-15-37/h6-7,19,22,25,27-28H,3,8-18,20-21H2,1-2,4-5H3,(H,35,40)/t27-,28+/m0/s1. The van der Waals surface area contributed by atoms with Gasteiger partial charge in [-0.15, -0.1) is 11.3 Å². The number of carbonyl (C=O) groups excluding carboxylic acids is 3. The number of carbonyl (C=O) groups is 3. The summed E-state index contributed by atoms with van der Waals surface area (Å²) in [5.74, 6) is 0.0722. The van der Waals surface area contributed by atoms with Crippen LogP contribution in [0.25, 0.3) is 10.2 Å². The first kappa shape index (κ1) is 32.5. The van der Waals surface area contributed by atoms with Gasteiger partial charge in [0.05, 0.1) is 21.1 Å². The van der Waals surface area contributed by atoms with Crippen molar-refractivity contribution < 1.29 is 19.1 Å². The van der Waals surface area contributed by atoms with Crippen LogP contribution < -0.4 is 5.32 Å². The number of aromatic nitrogens is 1. The van der Waals surface area contributed by atoms with Crippen LogP contribution in [0.3, 0.4) is 0 Å². The molecule has 2 aliphatic heterocycles. The fourth-order valence-corrected chi connectivity index (χ4v) is 7.02. The number of amides is 1. The lowest BCUT2D eigenvalue weighted by Crippen LogP contribution is -2.46. The lowest BCUT2D eigenvalue weighted by atomic mass is 9.87. The Balaban J connectivity index is 1.41. The number of ether oxygens (including phenoxy) is 1. The third kappa shape index (κ3) is 9.27. The smallest absolute Gasteiger partial charge is 0.224 e. The lowest BCUT2D eigenvalue weighted by Gasteiger charge is -2.33. The molecule has 2 fully saturated rings. The van der Waals surface area contributed by atoms with Gasteiger partial charge in [-0.25, -0.2) is 4.98 Å². The van der Waals surface area contributed by atoms with Crippen LogP contribution in [-0.4, -0.2) is 91.3 Å². The highest BCUT2D eigenvalue weighted by Crippen LogP contribution is 2.29. The second kappa shape index (κ2) is 15.3. The maximum Gasteiger partial charge on any atom is 0.224 e. The van der Waals surface area contributed by atoms with E-state index in [-0.39, 0.29) is 35.9 Å². The molecule has 0 bridgehead atoms. The number of piperazine rings is 1. The topological polar surface area (TPSA) is 91.8 Å². The molecule has 0 radical (unpaired) electrons. The molecule has 230 valence electrons. The SMILES string of the molecule is C=C(CN1CCN(C)CC1)C(=O)CC[C@@H](NC(=O)[C@@H](CC(C)=O)Cc1nc2ccc(C(C)C)cc2s1)C1CCOCC1. The predicted octanol–water partition coefficient (Wildman–Crippen LogP) is 4.62. The molecule has 1 amide bonds. The summed E-state index contributed by atoms with van der Waals surface area (Å²) in [4.78, 5) is 48.4. The summed E-state index contributed by atoms with van der Waals surface area (Å²) < 4.78 is 6.69. The second-order valence-corrected chi connectivity index (χ2v) is 13.6. The number of ketones is 2. The maximum absolute atomic E-state index is 13.7. The van der Waals surface area contributed by atoms with Crippen molar-refractivity contribution in [2.75, 3.05) is 53.0 Å². The van der Waals surface area contributed by atoms with Crippen LogP contribution in [0.2, 0.25) is 0 Å². The zero-order chi connectivity index (χ0) is 30.2. The van der Waals surface area contributed by atoms with Crippen LogP contribution >= 0.6 is 11.3 Å². The van der Waals surface area contributed by atoms with E-state index in [4.69, 9.17) is 9.72 Å². The van der Waals surface area contributed by atoms with Crippen molar-refractivity contribution in [3.05, 3.63) is 40.9 Å². The molecule has 0 saturated carbocycles.